The van der Waals surface area contributed by atoms with Crippen molar-refractivity contribution < 1.29 is 14.3 Å². The standard InChI is InChI=1S/C6H11BNO3P/c1-11-5(9)2-4(6(7)10)8-3-12/h4,8H,2-3,12H2,1H3/t4-/m0/s1. The molecule has 0 heterocycles. The van der Waals surface area contributed by atoms with E-state index in [1.165, 1.54) is 7.11 Å². The molecule has 0 aliphatic rings. The van der Waals surface area contributed by atoms with E-state index < -0.39 is 17.7 Å². The number of carbonyl (C=O) groups excluding carboxylic acids is 2. The highest BCUT2D eigenvalue weighted by molar-refractivity contribution is 7.16. The highest BCUT2D eigenvalue weighted by atomic mass is 31.0. The van der Waals surface area contributed by atoms with Crippen LogP contribution in [0.2, 0.25) is 0 Å². The summed E-state index contributed by atoms with van der Waals surface area (Å²) in [7, 11) is 8.65. The van der Waals surface area contributed by atoms with Crippen LogP contribution in [0.5, 0.6) is 0 Å². The summed E-state index contributed by atoms with van der Waals surface area (Å²) in [6.07, 6.45) is 0.477. The second kappa shape index (κ2) is 6.15. The zero-order chi connectivity index (χ0) is 9.56. The van der Waals surface area contributed by atoms with Crippen LogP contribution in [-0.4, -0.2) is 38.9 Å². The normalized spacial score (nSPS) is 12.2. The van der Waals surface area contributed by atoms with Gasteiger partial charge in [0.25, 0.3) is 0 Å². The summed E-state index contributed by atoms with van der Waals surface area (Å²) in [5, 5.41) is 2.73. The van der Waals surface area contributed by atoms with Crippen LogP contribution in [0.3, 0.4) is 0 Å². The molecule has 4 nitrogen and oxygen atoms in total. The molecule has 2 radical (unpaired) electrons. The van der Waals surface area contributed by atoms with Gasteiger partial charge in [-0.3, -0.25) is 4.79 Å². The Bertz CT molecular complexity index is 174. The van der Waals surface area contributed by atoms with E-state index in [0.29, 0.717) is 6.29 Å². The monoisotopic (exact) mass is 187 g/mol. The van der Waals surface area contributed by atoms with Gasteiger partial charge < -0.3 is 14.8 Å². The number of rotatable bonds is 5. The third kappa shape index (κ3) is 4.47. The summed E-state index contributed by atoms with van der Waals surface area (Å²) in [5.74, 6) is -0.454. The number of carbonyl (C=O) groups is 2. The van der Waals surface area contributed by atoms with Crippen molar-refractivity contribution in [2.75, 3.05) is 13.4 Å². The smallest absolute Gasteiger partial charge is 0.307 e. The first kappa shape index (κ1) is 11.6. The van der Waals surface area contributed by atoms with E-state index >= 15 is 0 Å². The van der Waals surface area contributed by atoms with Crippen LogP contribution in [0.4, 0.5) is 0 Å². The van der Waals surface area contributed by atoms with Gasteiger partial charge in [0.15, 0.2) is 7.85 Å². The van der Waals surface area contributed by atoms with Gasteiger partial charge >= 0.3 is 5.97 Å². The molecule has 0 aliphatic carbocycles. The summed E-state index contributed by atoms with van der Waals surface area (Å²) in [5.41, 5.74) is -0.553. The second-order valence-corrected chi connectivity index (χ2v) is 2.55. The van der Waals surface area contributed by atoms with Gasteiger partial charge in [-0.2, -0.15) is 0 Å². The largest absolute Gasteiger partial charge is 0.469 e. The Kier molecular flexibility index (Phi) is 5.94. The molecular weight excluding hydrogens is 176 g/mol. The molecule has 0 bridgehead atoms. The van der Waals surface area contributed by atoms with Gasteiger partial charge in [-0.25, -0.2) is 0 Å². The molecule has 0 aromatic heterocycles. The van der Waals surface area contributed by atoms with E-state index in [1.807, 2.05) is 0 Å². The predicted octanol–water partition coefficient (Wildman–Crippen LogP) is -0.965. The average molecular weight is 187 g/mol. The van der Waals surface area contributed by atoms with E-state index in [1.54, 1.807) is 0 Å². The number of esters is 1. The van der Waals surface area contributed by atoms with E-state index in [9.17, 15) is 9.59 Å². The van der Waals surface area contributed by atoms with Gasteiger partial charge in [0.2, 0.25) is 0 Å². The fraction of sp³-hybridized carbons (Fsp3) is 0.667. The van der Waals surface area contributed by atoms with Gasteiger partial charge in [-0.1, -0.05) is 0 Å². The maximum Gasteiger partial charge on any atom is 0.307 e. The molecular formula is C6H11BNO3P. The summed E-state index contributed by atoms with van der Waals surface area (Å²) in [6, 6.07) is -0.644. The van der Waals surface area contributed by atoms with Crippen LogP contribution in [0.15, 0.2) is 0 Å². The van der Waals surface area contributed by atoms with Crippen LogP contribution in [0.1, 0.15) is 6.42 Å². The minimum Gasteiger partial charge on any atom is -0.469 e. The van der Waals surface area contributed by atoms with Gasteiger partial charge in [-0.15, -0.1) is 9.24 Å². The lowest BCUT2D eigenvalue weighted by atomic mass is 9.93. The van der Waals surface area contributed by atoms with Gasteiger partial charge in [0.1, 0.15) is 0 Å². The zero-order valence-electron chi connectivity index (χ0n) is 6.87. The van der Waals surface area contributed by atoms with Crippen LogP contribution < -0.4 is 5.32 Å². The molecule has 0 aromatic carbocycles. The Labute approximate surface area is 75.0 Å². The van der Waals surface area contributed by atoms with Crippen molar-refractivity contribution in [3.05, 3.63) is 0 Å². The van der Waals surface area contributed by atoms with E-state index in [2.05, 4.69) is 19.3 Å². The first-order chi connectivity index (χ1) is 5.61. The molecule has 0 aliphatic heterocycles. The van der Waals surface area contributed by atoms with Crippen LogP contribution in [-0.2, 0) is 14.3 Å². The molecule has 1 N–H and O–H groups in total. The van der Waals surface area contributed by atoms with Crippen molar-refractivity contribution in [2.24, 2.45) is 0 Å². The minimum absolute atomic E-state index is 0.0275. The molecule has 0 amide bonds. The average Bonchev–Trinajstić information content (AvgIpc) is 2.03. The molecule has 0 saturated carbocycles. The van der Waals surface area contributed by atoms with Crippen LogP contribution >= 0.6 is 9.24 Å². The van der Waals surface area contributed by atoms with Gasteiger partial charge in [-0.05, 0) is 0 Å². The Morgan fingerprint density at radius 2 is 2.25 bits per heavy atom. The van der Waals surface area contributed by atoms with Crippen molar-refractivity contribution in [3.63, 3.8) is 0 Å². The molecule has 0 fully saturated rings. The van der Waals surface area contributed by atoms with Crippen LogP contribution in [0, 0.1) is 0 Å². The summed E-state index contributed by atoms with van der Waals surface area (Å²) in [6.45, 7) is 0. The maximum atomic E-state index is 10.7. The molecule has 12 heavy (non-hydrogen) atoms. The lowest BCUT2D eigenvalue weighted by Crippen LogP contribution is -2.38. The molecule has 1 unspecified atom stereocenters. The number of nitrogens with one attached hydrogen (secondary N) is 1. The number of ether oxygens (including phenoxy) is 1. The Hall–Kier alpha value is -0.405. The first-order valence-electron chi connectivity index (χ1n) is 3.41. The molecule has 66 valence electrons. The second-order valence-electron chi connectivity index (χ2n) is 2.14. The molecule has 0 aromatic rings. The highest BCUT2D eigenvalue weighted by Gasteiger charge is 2.16. The Morgan fingerprint density at radius 1 is 1.67 bits per heavy atom. The Balaban J connectivity index is 3.95. The Morgan fingerprint density at radius 3 is 2.58 bits per heavy atom. The molecule has 0 rings (SSSR count). The maximum absolute atomic E-state index is 10.7. The van der Waals surface area contributed by atoms with Crippen molar-refractivity contribution in [1.82, 2.24) is 5.32 Å². The third-order valence-electron chi connectivity index (χ3n) is 1.31. The lowest BCUT2D eigenvalue weighted by Gasteiger charge is -2.12. The SMILES string of the molecule is [B]C(=O)[C@H](CC(=O)OC)NCP. The molecule has 2 atom stereocenters. The zero-order valence-corrected chi connectivity index (χ0v) is 8.03. The highest BCUT2D eigenvalue weighted by Crippen LogP contribution is 1.95. The minimum atomic E-state index is -0.644. The number of hydrogen-bond acceptors (Lipinski definition) is 4. The number of methoxy groups -OCH3 is 1. The third-order valence-corrected chi connectivity index (χ3v) is 1.54. The van der Waals surface area contributed by atoms with E-state index in [-0.39, 0.29) is 6.42 Å². The van der Waals surface area contributed by atoms with Gasteiger partial charge in [0.05, 0.1) is 25.3 Å². The lowest BCUT2D eigenvalue weighted by molar-refractivity contribution is -0.142. The molecule has 0 spiro atoms. The molecule has 6 heteroatoms. The fourth-order valence-corrected chi connectivity index (χ4v) is 0.950. The quantitative estimate of drug-likeness (QED) is 0.342. The fourth-order valence-electron chi connectivity index (χ4n) is 0.666. The van der Waals surface area contributed by atoms with Crippen molar-refractivity contribution in [3.8, 4) is 0 Å². The van der Waals surface area contributed by atoms with Crippen molar-refractivity contribution in [1.29, 1.82) is 0 Å². The van der Waals surface area contributed by atoms with E-state index in [4.69, 9.17) is 7.85 Å². The van der Waals surface area contributed by atoms with Crippen molar-refractivity contribution >= 4 is 28.7 Å². The number of hydrogen-bond donors (Lipinski definition) is 1. The summed E-state index contributed by atoms with van der Waals surface area (Å²) < 4.78 is 4.38. The summed E-state index contributed by atoms with van der Waals surface area (Å²) >= 11 is 0. The first-order valence-corrected chi connectivity index (χ1v) is 4.23. The van der Waals surface area contributed by atoms with E-state index in [0.717, 1.165) is 0 Å². The summed E-state index contributed by atoms with van der Waals surface area (Å²) in [4.78, 5) is 21.4. The topological polar surface area (TPSA) is 55.4 Å². The molecule has 0 saturated heterocycles. The predicted molar refractivity (Wildman–Crippen MR) is 48.9 cm³/mol. The van der Waals surface area contributed by atoms with Crippen LogP contribution in [0.25, 0.3) is 0 Å². The van der Waals surface area contributed by atoms with Crippen molar-refractivity contribution in [2.45, 2.75) is 12.5 Å². The van der Waals surface area contributed by atoms with Gasteiger partial charge in [0, 0.05) is 6.29 Å².